The van der Waals surface area contributed by atoms with E-state index < -0.39 is 23.3 Å². The maximum Gasteiger partial charge on any atom is 0.414 e. The van der Waals surface area contributed by atoms with Crippen molar-refractivity contribution in [1.82, 2.24) is 14.5 Å². The molecule has 1 aliphatic carbocycles. The number of pyridine rings is 1. The summed E-state index contributed by atoms with van der Waals surface area (Å²) in [5.41, 5.74) is -1.49. The number of hydrogen-bond acceptors (Lipinski definition) is 7. The second kappa shape index (κ2) is 7.60. The maximum absolute atomic E-state index is 13.5. The van der Waals surface area contributed by atoms with E-state index in [2.05, 4.69) is 9.97 Å². The first kappa shape index (κ1) is 21.6. The van der Waals surface area contributed by atoms with Crippen LogP contribution in [0.2, 0.25) is 0 Å². The number of anilines is 1. The number of ether oxygens (including phenoxy) is 1. The number of carbonyl (C=O) groups excluding carboxylic acids is 1. The summed E-state index contributed by atoms with van der Waals surface area (Å²) in [6.07, 6.45) is 4.93. The van der Waals surface area contributed by atoms with Crippen molar-refractivity contribution in [3.8, 4) is 0 Å². The standard InChI is InChI=1S/C20H28N4O4S/c1-19(2,3)28-18(26)23(5)13-10-12-11-21-17(29-6)22-15(12)24(16(13)25)14-8-7-9-20(14,4)27/h10-11,14,27H,7-9H2,1-6H3/t14-,20-/m1/s1. The van der Waals surface area contributed by atoms with Crippen LogP contribution in [0.5, 0.6) is 0 Å². The number of hydrogen-bond donors (Lipinski definition) is 1. The topological polar surface area (TPSA) is 97.6 Å². The van der Waals surface area contributed by atoms with Gasteiger partial charge in [0.25, 0.3) is 5.56 Å². The number of aromatic nitrogens is 3. The van der Waals surface area contributed by atoms with Crippen molar-refractivity contribution in [2.24, 2.45) is 0 Å². The largest absolute Gasteiger partial charge is 0.443 e. The van der Waals surface area contributed by atoms with Crippen molar-refractivity contribution in [3.05, 3.63) is 22.6 Å². The number of fused-ring (bicyclic) bond motifs is 1. The van der Waals surface area contributed by atoms with Gasteiger partial charge in [-0.2, -0.15) is 0 Å². The third kappa shape index (κ3) is 4.25. The predicted octanol–water partition coefficient (Wildman–Crippen LogP) is 3.36. The van der Waals surface area contributed by atoms with E-state index in [0.29, 0.717) is 29.0 Å². The summed E-state index contributed by atoms with van der Waals surface area (Å²) >= 11 is 1.38. The van der Waals surface area contributed by atoms with E-state index in [0.717, 1.165) is 6.42 Å². The molecule has 29 heavy (non-hydrogen) atoms. The molecule has 0 radical (unpaired) electrons. The van der Waals surface area contributed by atoms with Gasteiger partial charge in [0, 0.05) is 18.6 Å². The summed E-state index contributed by atoms with van der Waals surface area (Å²) in [5, 5.41) is 12.1. The van der Waals surface area contributed by atoms with E-state index in [1.807, 2.05) is 6.26 Å². The maximum atomic E-state index is 13.5. The first-order chi connectivity index (χ1) is 13.4. The average Bonchev–Trinajstić information content (AvgIpc) is 2.97. The minimum atomic E-state index is -1.04. The van der Waals surface area contributed by atoms with Crippen LogP contribution < -0.4 is 10.5 Å². The molecule has 1 aliphatic rings. The van der Waals surface area contributed by atoms with Crippen LogP contribution in [0, 0.1) is 0 Å². The molecule has 1 fully saturated rings. The Morgan fingerprint density at radius 3 is 2.69 bits per heavy atom. The van der Waals surface area contributed by atoms with Gasteiger partial charge >= 0.3 is 6.09 Å². The normalized spacial score (nSPS) is 22.1. The Labute approximate surface area is 174 Å². The summed E-state index contributed by atoms with van der Waals surface area (Å²) in [6.45, 7) is 7.05. The van der Waals surface area contributed by atoms with Gasteiger partial charge in [-0.25, -0.2) is 14.8 Å². The molecule has 0 unspecified atom stereocenters. The molecule has 2 atom stereocenters. The van der Waals surface area contributed by atoms with E-state index in [1.54, 1.807) is 40.0 Å². The highest BCUT2D eigenvalue weighted by Crippen LogP contribution is 2.39. The number of nitrogens with zero attached hydrogens (tertiary/aromatic N) is 4. The number of aliphatic hydroxyl groups is 1. The fraction of sp³-hybridized carbons (Fsp3) is 0.600. The minimum Gasteiger partial charge on any atom is -0.443 e. The molecular formula is C20H28N4O4S. The summed E-state index contributed by atoms with van der Waals surface area (Å²) in [6, 6.07) is 1.17. The lowest BCUT2D eigenvalue weighted by atomic mass is 10.00. The molecule has 1 amide bonds. The van der Waals surface area contributed by atoms with Gasteiger partial charge in [0.05, 0.1) is 11.6 Å². The van der Waals surface area contributed by atoms with Gasteiger partial charge < -0.3 is 9.84 Å². The summed E-state index contributed by atoms with van der Waals surface area (Å²) < 4.78 is 6.95. The molecule has 8 nitrogen and oxygen atoms in total. The lowest BCUT2D eigenvalue weighted by Crippen LogP contribution is -2.41. The van der Waals surface area contributed by atoms with Crippen molar-refractivity contribution in [1.29, 1.82) is 0 Å². The van der Waals surface area contributed by atoms with Crippen molar-refractivity contribution in [2.75, 3.05) is 18.2 Å². The molecule has 0 aliphatic heterocycles. The molecule has 0 bridgehead atoms. The van der Waals surface area contributed by atoms with E-state index in [4.69, 9.17) is 4.74 Å². The molecule has 2 aromatic rings. The molecule has 0 spiro atoms. The lowest BCUT2D eigenvalue weighted by Gasteiger charge is -2.30. The Kier molecular flexibility index (Phi) is 5.66. The molecule has 9 heteroatoms. The van der Waals surface area contributed by atoms with Gasteiger partial charge in [0.2, 0.25) is 0 Å². The quantitative estimate of drug-likeness (QED) is 0.600. The van der Waals surface area contributed by atoms with Gasteiger partial charge in [0.15, 0.2) is 5.16 Å². The van der Waals surface area contributed by atoms with Crippen LogP contribution in [-0.2, 0) is 4.74 Å². The zero-order valence-electron chi connectivity index (χ0n) is 17.7. The zero-order chi connectivity index (χ0) is 21.6. The summed E-state index contributed by atoms with van der Waals surface area (Å²) in [7, 11) is 1.50. The average molecular weight is 421 g/mol. The van der Waals surface area contributed by atoms with Crippen LogP contribution >= 0.6 is 11.8 Å². The fourth-order valence-electron chi connectivity index (χ4n) is 3.68. The molecule has 0 aromatic carbocycles. The highest BCUT2D eigenvalue weighted by Gasteiger charge is 2.40. The minimum absolute atomic E-state index is 0.162. The molecule has 3 rings (SSSR count). The molecule has 1 saturated carbocycles. The third-order valence-corrected chi connectivity index (χ3v) is 5.70. The van der Waals surface area contributed by atoms with Crippen LogP contribution in [0.1, 0.15) is 53.0 Å². The number of rotatable bonds is 3. The van der Waals surface area contributed by atoms with Crippen LogP contribution in [0.15, 0.2) is 22.2 Å². The Balaban J connectivity index is 2.22. The third-order valence-electron chi connectivity index (χ3n) is 5.13. The molecule has 158 valence electrons. The van der Waals surface area contributed by atoms with Crippen molar-refractivity contribution in [3.63, 3.8) is 0 Å². The fourth-order valence-corrected chi connectivity index (χ4v) is 4.02. The van der Waals surface area contributed by atoms with E-state index in [-0.39, 0.29) is 11.2 Å². The van der Waals surface area contributed by atoms with Crippen molar-refractivity contribution < 1.29 is 14.6 Å². The zero-order valence-corrected chi connectivity index (χ0v) is 18.5. The monoisotopic (exact) mass is 420 g/mol. The Bertz CT molecular complexity index is 996. The van der Waals surface area contributed by atoms with Crippen LogP contribution in [0.25, 0.3) is 11.0 Å². The van der Waals surface area contributed by atoms with Gasteiger partial charge in [-0.3, -0.25) is 14.3 Å². The number of thioether (sulfide) groups is 1. The second-order valence-electron chi connectivity index (χ2n) is 8.64. The Morgan fingerprint density at radius 2 is 2.14 bits per heavy atom. The molecule has 1 N–H and O–H groups in total. The van der Waals surface area contributed by atoms with Crippen molar-refractivity contribution in [2.45, 2.75) is 69.4 Å². The number of carbonyl (C=O) groups is 1. The predicted molar refractivity (Wildman–Crippen MR) is 114 cm³/mol. The summed E-state index contributed by atoms with van der Waals surface area (Å²) in [4.78, 5) is 36.1. The highest BCUT2D eigenvalue weighted by molar-refractivity contribution is 7.98. The second-order valence-corrected chi connectivity index (χ2v) is 9.42. The first-order valence-corrected chi connectivity index (χ1v) is 10.8. The first-order valence-electron chi connectivity index (χ1n) is 9.60. The summed E-state index contributed by atoms with van der Waals surface area (Å²) in [5.74, 6) is 0. The van der Waals surface area contributed by atoms with E-state index in [9.17, 15) is 14.7 Å². The van der Waals surface area contributed by atoms with Crippen LogP contribution in [0.3, 0.4) is 0 Å². The molecule has 0 saturated heterocycles. The SMILES string of the molecule is CSc1ncc2cc(N(C)C(=O)OC(C)(C)C)c(=O)n([C@@H]3CCC[C@@]3(C)O)c2n1. The van der Waals surface area contributed by atoms with Gasteiger partial charge in [0.1, 0.15) is 16.9 Å². The van der Waals surface area contributed by atoms with E-state index in [1.165, 1.54) is 28.3 Å². The smallest absolute Gasteiger partial charge is 0.414 e. The molecule has 2 heterocycles. The van der Waals surface area contributed by atoms with Gasteiger partial charge in [-0.15, -0.1) is 0 Å². The highest BCUT2D eigenvalue weighted by atomic mass is 32.2. The number of amides is 1. The van der Waals surface area contributed by atoms with Crippen molar-refractivity contribution >= 4 is 34.6 Å². The Morgan fingerprint density at radius 1 is 1.45 bits per heavy atom. The van der Waals surface area contributed by atoms with E-state index >= 15 is 0 Å². The molecule has 2 aromatic heterocycles. The molecular weight excluding hydrogens is 392 g/mol. The van der Waals surface area contributed by atoms with Gasteiger partial charge in [-0.05, 0) is 59.3 Å². The van der Waals surface area contributed by atoms with Gasteiger partial charge in [-0.1, -0.05) is 11.8 Å². The lowest BCUT2D eigenvalue weighted by molar-refractivity contribution is 0.0267. The van der Waals surface area contributed by atoms with Crippen LogP contribution in [-0.4, -0.2) is 50.2 Å². The Hall–Kier alpha value is -2.13. The van der Waals surface area contributed by atoms with Crippen LogP contribution in [0.4, 0.5) is 10.5 Å².